The molecule has 0 fully saturated rings. The van der Waals surface area contributed by atoms with E-state index in [0.717, 1.165) is 11.1 Å². The third kappa shape index (κ3) is 5.19. The van der Waals surface area contributed by atoms with Crippen LogP contribution in [-0.4, -0.2) is 22.7 Å². The Hall–Kier alpha value is -1.88. The van der Waals surface area contributed by atoms with Gasteiger partial charge in [-0.25, -0.2) is 4.79 Å². The molecule has 2 aromatic carbocycles. The summed E-state index contributed by atoms with van der Waals surface area (Å²) in [5.74, 6) is -0.927. The van der Waals surface area contributed by atoms with Gasteiger partial charge in [-0.3, -0.25) is 0 Å². The highest BCUT2D eigenvalue weighted by Crippen LogP contribution is 2.11. The summed E-state index contributed by atoms with van der Waals surface area (Å²) in [5.41, 5.74) is 2.13. The van der Waals surface area contributed by atoms with E-state index < -0.39 is 12.1 Å². The zero-order valence-corrected chi connectivity index (χ0v) is 12.2. The summed E-state index contributed by atoms with van der Waals surface area (Å²) in [5, 5.41) is 21.9. The van der Waals surface area contributed by atoms with Gasteiger partial charge >= 0.3 is 5.97 Å². The van der Waals surface area contributed by atoms with Gasteiger partial charge in [-0.15, -0.1) is 12.4 Å². The molecular formula is C16H18ClNO3. The predicted molar refractivity (Wildman–Crippen MR) is 83.8 cm³/mol. The Balaban J connectivity index is 0.00000220. The monoisotopic (exact) mass is 307 g/mol. The quantitative estimate of drug-likeness (QED) is 0.767. The van der Waals surface area contributed by atoms with E-state index in [1.54, 1.807) is 24.3 Å². The minimum Gasteiger partial charge on any atom is -0.478 e. The van der Waals surface area contributed by atoms with Gasteiger partial charge in [-0.1, -0.05) is 42.5 Å². The number of rotatable bonds is 6. The van der Waals surface area contributed by atoms with E-state index in [1.807, 2.05) is 30.3 Å². The maximum absolute atomic E-state index is 10.7. The highest BCUT2D eigenvalue weighted by molar-refractivity contribution is 5.87. The van der Waals surface area contributed by atoms with Crippen molar-refractivity contribution in [3.63, 3.8) is 0 Å². The predicted octanol–water partition coefficient (Wildman–Crippen LogP) is 2.63. The molecule has 1 unspecified atom stereocenters. The molecule has 0 aliphatic heterocycles. The lowest BCUT2D eigenvalue weighted by Gasteiger charge is -2.12. The molecule has 0 radical (unpaired) electrons. The van der Waals surface area contributed by atoms with Crippen LogP contribution < -0.4 is 5.32 Å². The maximum atomic E-state index is 10.7. The van der Waals surface area contributed by atoms with Crippen LogP contribution in [0.25, 0.3) is 0 Å². The minimum atomic E-state index is -0.927. The van der Waals surface area contributed by atoms with E-state index in [1.165, 1.54) is 0 Å². The molecule has 0 spiro atoms. The van der Waals surface area contributed by atoms with Crippen molar-refractivity contribution < 1.29 is 15.0 Å². The number of benzene rings is 2. The second-order valence-electron chi connectivity index (χ2n) is 4.56. The van der Waals surface area contributed by atoms with Crippen LogP contribution in [0, 0.1) is 0 Å². The average molecular weight is 308 g/mol. The van der Waals surface area contributed by atoms with Gasteiger partial charge in [0.05, 0.1) is 11.7 Å². The summed E-state index contributed by atoms with van der Waals surface area (Å²) >= 11 is 0. The van der Waals surface area contributed by atoms with Gasteiger partial charge in [0.2, 0.25) is 0 Å². The van der Waals surface area contributed by atoms with Crippen molar-refractivity contribution in [3.8, 4) is 0 Å². The van der Waals surface area contributed by atoms with Crippen molar-refractivity contribution in [2.24, 2.45) is 0 Å². The van der Waals surface area contributed by atoms with Crippen LogP contribution in [-0.2, 0) is 6.54 Å². The molecule has 2 rings (SSSR count). The number of carboxylic acids is 1. The van der Waals surface area contributed by atoms with Crippen LogP contribution in [0.2, 0.25) is 0 Å². The number of aliphatic hydroxyl groups excluding tert-OH is 1. The number of aliphatic hydroxyl groups is 1. The van der Waals surface area contributed by atoms with Crippen LogP contribution in [0.1, 0.15) is 27.6 Å². The molecular weight excluding hydrogens is 290 g/mol. The molecule has 0 aliphatic carbocycles. The van der Waals surface area contributed by atoms with E-state index in [0.29, 0.717) is 13.1 Å². The van der Waals surface area contributed by atoms with Gasteiger partial charge in [0.1, 0.15) is 0 Å². The summed E-state index contributed by atoms with van der Waals surface area (Å²) in [7, 11) is 0. The standard InChI is InChI=1S/C16H17NO3.ClH/c18-15(13-4-2-1-3-5-13)11-17-10-12-6-8-14(9-7-12)16(19)20;/h1-9,15,17-18H,10-11H2,(H,19,20);1H. The molecule has 2 aromatic rings. The first-order valence-electron chi connectivity index (χ1n) is 6.43. The van der Waals surface area contributed by atoms with Gasteiger partial charge in [-0.05, 0) is 23.3 Å². The lowest BCUT2D eigenvalue weighted by Crippen LogP contribution is -2.21. The highest BCUT2D eigenvalue weighted by Gasteiger charge is 2.06. The third-order valence-corrected chi connectivity index (χ3v) is 3.05. The van der Waals surface area contributed by atoms with E-state index in [-0.39, 0.29) is 18.0 Å². The Kier molecular flexibility index (Phi) is 6.88. The van der Waals surface area contributed by atoms with Crippen molar-refractivity contribution >= 4 is 18.4 Å². The highest BCUT2D eigenvalue weighted by atomic mass is 35.5. The fourth-order valence-corrected chi connectivity index (χ4v) is 1.91. The van der Waals surface area contributed by atoms with Crippen LogP contribution in [0.4, 0.5) is 0 Å². The summed E-state index contributed by atoms with van der Waals surface area (Å²) in [6.07, 6.45) is -0.547. The molecule has 0 heterocycles. The lowest BCUT2D eigenvalue weighted by atomic mass is 10.1. The molecule has 3 N–H and O–H groups in total. The van der Waals surface area contributed by atoms with E-state index in [2.05, 4.69) is 5.32 Å². The molecule has 21 heavy (non-hydrogen) atoms. The van der Waals surface area contributed by atoms with Gasteiger partial charge in [-0.2, -0.15) is 0 Å². The first-order valence-corrected chi connectivity index (χ1v) is 6.43. The Morgan fingerprint density at radius 1 is 1.05 bits per heavy atom. The van der Waals surface area contributed by atoms with Crippen molar-refractivity contribution in [1.29, 1.82) is 0 Å². The number of carbonyl (C=O) groups is 1. The Labute approximate surface area is 129 Å². The minimum absolute atomic E-state index is 0. The molecule has 0 saturated heterocycles. The maximum Gasteiger partial charge on any atom is 0.335 e. The van der Waals surface area contributed by atoms with Crippen LogP contribution >= 0.6 is 12.4 Å². The zero-order chi connectivity index (χ0) is 14.4. The fraction of sp³-hybridized carbons (Fsp3) is 0.188. The van der Waals surface area contributed by atoms with Crippen LogP contribution in [0.15, 0.2) is 54.6 Å². The molecule has 0 aromatic heterocycles. The summed E-state index contributed by atoms with van der Waals surface area (Å²) in [4.78, 5) is 10.7. The molecule has 0 saturated carbocycles. The molecule has 112 valence electrons. The molecule has 0 amide bonds. The molecule has 4 nitrogen and oxygen atoms in total. The van der Waals surface area contributed by atoms with Crippen molar-refractivity contribution in [3.05, 3.63) is 71.3 Å². The van der Waals surface area contributed by atoms with Crippen molar-refractivity contribution in [1.82, 2.24) is 5.32 Å². The van der Waals surface area contributed by atoms with Crippen LogP contribution in [0.5, 0.6) is 0 Å². The number of carboxylic acid groups (broad SMARTS) is 1. The Bertz CT molecular complexity index is 557. The summed E-state index contributed by atoms with van der Waals surface area (Å²) in [6, 6.07) is 16.2. The van der Waals surface area contributed by atoms with Crippen molar-refractivity contribution in [2.75, 3.05) is 6.54 Å². The topological polar surface area (TPSA) is 69.6 Å². The average Bonchev–Trinajstić information content (AvgIpc) is 2.48. The smallest absolute Gasteiger partial charge is 0.335 e. The molecule has 5 heteroatoms. The molecule has 0 bridgehead atoms. The van der Waals surface area contributed by atoms with E-state index >= 15 is 0 Å². The number of hydrogen-bond acceptors (Lipinski definition) is 3. The van der Waals surface area contributed by atoms with Gasteiger partial charge in [0.15, 0.2) is 0 Å². The molecule has 0 aliphatic rings. The Morgan fingerprint density at radius 2 is 1.67 bits per heavy atom. The normalized spacial score (nSPS) is 11.5. The fourth-order valence-electron chi connectivity index (χ4n) is 1.91. The molecule has 1 atom stereocenters. The zero-order valence-electron chi connectivity index (χ0n) is 11.4. The number of nitrogens with one attached hydrogen (secondary N) is 1. The van der Waals surface area contributed by atoms with E-state index in [9.17, 15) is 9.90 Å². The first-order chi connectivity index (χ1) is 9.66. The largest absolute Gasteiger partial charge is 0.478 e. The summed E-state index contributed by atoms with van der Waals surface area (Å²) in [6.45, 7) is 1.04. The number of hydrogen-bond donors (Lipinski definition) is 3. The van der Waals surface area contributed by atoms with Gasteiger partial charge in [0, 0.05) is 13.1 Å². The van der Waals surface area contributed by atoms with Gasteiger partial charge in [0.25, 0.3) is 0 Å². The SMILES string of the molecule is Cl.O=C(O)c1ccc(CNCC(O)c2ccccc2)cc1. The number of halogens is 1. The number of aromatic carboxylic acids is 1. The van der Waals surface area contributed by atoms with Crippen molar-refractivity contribution in [2.45, 2.75) is 12.6 Å². The summed E-state index contributed by atoms with van der Waals surface area (Å²) < 4.78 is 0. The third-order valence-electron chi connectivity index (χ3n) is 3.05. The van der Waals surface area contributed by atoms with Crippen LogP contribution in [0.3, 0.4) is 0 Å². The second kappa shape index (κ2) is 8.42. The van der Waals surface area contributed by atoms with Gasteiger partial charge < -0.3 is 15.5 Å². The second-order valence-corrected chi connectivity index (χ2v) is 4.56. The lowest BCUT2D eigenvalue weighted by molar-refractivity contribution is 0.0697. The van der Waals surface area contributed by atoms with E-state index in [4.69, 9.17) is 5.11 Å². The Morgan fingerprint density at radius 3 is 2.24 bits per heavy atom. The first kappa shape index (κ1) is 17.2.